The molecule has 0 fully saturated rings. The fourth-order valence-corrected chi connectivity index (χ4v) is 4.23. The van der Waals surface area contributed by atoms with E-state index in [1.54, 1.807) is 11.8 Å². The molecule has 3 nitrogen and oxygen atoms in total. The van der Waals surface area contributed by atoms with E-state index in [-0.39, 0.29) is 18.2 Å². The first kappa shape index (κ1) is 19.2. The highest BCUT2D eigenvalue weighted by molar-refractivity contribution is 7.99. The number of anilines is 1. The summed E-state index contributed by atoms with van der Waals surface area (Å²) in [5.41, 5.74) is 11.5. The number of aromatic hydroxyl groups is 1. The van der Waals surface area contributed by atoms with Gasteiger partial charge in [-0.15, -0.1) is 12.4 Å². The van der Waals surface area contributed by atoms with Crippen LogP contribution in [0.1, 0.15) is 11.1 Å². The molecule has 0 spiro atoms. The topological polar surface area (TPSA) is 62.0 Å². The number of nitrogen functional groups attached to an aromatic ring is 1. The van der Waals surface area contributed by atoms with Crippen LogP contribution in [-0.4, -0.2) is 10.1 Å². The van der Waals surface area contributed by atoms with Crippen molar-refractivity contribution in [2.45, 2.75) is 23.6 Å². The Morgan fingerprint density at radius 1 is 0.963 bits per heavy atom. The molecule has 4 N–H and O–H groups in total. The van der Waals surface area contributed by atoms with Crippen molar-refractivity contribution in [3.8, 4) is 17.0 Å². The number of fused-ring (bicyclic) bond motifs is 1. The zero-order valence-corrected chi connectivity index (χ0v) is 16.7. The molecule has 0 saturated heterocycles. The molecule has 5 heteroatoms. The zero-order chi connectivity index (χ0) is 18.3. The second kappa shape index (κ2) is 7.59. The van der Waals surface area contributed by atoms with Crippen molar-refractivity contribution in [3.05, 3.63) is 71.8 Å². The van der Waals surface area contributed by atoms with Gasteiger partial charge in [-0.25, -0.2) is 0 Å². The average molecular weight is 397 g/mol. The van der Waals surface area contributed by atoms with Gasteiger partial charge in [0.15, 0.2) is 0 Å². The Kier molecular flexibility index (Phi) is 5.40. The van der Waals surface area contributed by atoms with Crippen LogP contribution in [0.25, 0.3) is 22.2 Å². The first-order chi connectivity index (χ1) is 12.5. The number of hydrogen-bond acceptors (Lipinski definition) is 3. The van der Waals surface area contributed by atoms with Crippen molar-refractivity contribution in [1.29, 1.82) is 0 Å². The van der Waals surface area contributed by atoms with Crippen molar-refractivity contribution < 1.29 is 5.11 Å². The molecule has 0 radical (unpaired) electrons. The molecule has 3 aromatic carbocycles. The maximum Gasteiger partial charge on any atom is 0.141 e. The van der Waals surface area contributed by atoms with Gasteiger partial charge >= 0.3 is 0 Å². The van der Waals surface area contributed by atoms with Crippen LogP contribution in [-0.2, 0) is 0 Å². The molecule has 0 amide bonds. The standard InChI is InChI=1S/C22H20N2OS.ClH/c1-13-8-9-19-17(10-13)22(26-16-6-4-3-5-7-16)20(24-19)15-11-14(2)21(25)18(23)12-15;/h3-12,24-25H,23H2,1-2H3;1H. The number of aryl methyl sites for hydroxylation is 2. The third kappa shape index (κ3) is 3.64. The van der Waals surface area contributed by atoms with E-state index < -0.39 is 0 Å². The minimum atomic E-state index is 0. The van der Waals surface area contributed by atoms with Crippen LogP contribution in [0, 0.1) is 13.8 Å². The Balaban J connectivity index is 0.00000210. The van der Waals surface area contributed by atoms with Crippen molar-refractivity contribution in [2.24, 2.45) is 0 Å². The van der Waals surface area contributed by atoms with E-state index in [1.165, 1.54) is 20.7 Å². The normalized spacial score (nSPS) is 10.7. The first-order valence-electron chi connectivity index (χ1n) is 8.47. The number of aromatic amines is 1. The second-order valence-electron chi connectivity index (χ2n) is 6.52. The third-order valence-corrected chi connectivity index (χ3v) is 5.62. The van der Waals surface area contributed by atoms with Crippen LogP contribution in [0.5, 0.6) is 5.75 Å². The lowest BCUT2D eigenvalue weighted by Crippen LogP contribution is -1.91. The van der Waals surface area contributed by atoms with Crippen LogP contribution in [0.2, 0.25) is 0 Å². The van der Waals surface area contributed by atoms with Crippen molar-refractivity contribution >= 4 is 40.8 Å². The summed E-state index contributed by atoms with van der Waals surface area (Å²) in [4.78, 5) is 5.89. The summed E-state index contributed by atoms with van der Waals surface area (Å²) in [7, 11) is 0. The van der Waals surface area contributed by atoms with E-state index in [4.69, 9.17) is 5.73 Å². The van der Waals surface area contributed by atoms with Crippen LogP contribution in [0.15, 0.2) is 70.5 Å². The fourth-order valence-electron chi connectivity index (χ4n) is 3.15. The highest BCUT2D eigenvalue weighted by Gasteiger charge is 2.16. The molecular weight excluding hydrogens is 376 g/mol. The number of phenolic OH excluding ortho intramolecular Hbond substituents is 1. The van der Waals surface area contributed by atoms with Gasteiger partial charge in [-0.05, 0) is 55.8 Å². The Hall–Kier alpha value is -2.56. The SMILES string of the molecule is Cc1ccc2[nH]c(-c3cc(C)c(O)c(N)c3)c(Sc3ccccc3)c2c1.Cl. The van der Waals surface area contributed by atoms with Crippen LogP contribution < -0.4 is 5.73 Å². The molecule has 138 valence electrons. The van der Waals surface area contributed by atoms with E-state index in [1.807, 2.05) is 37.3 Å². The first-order valence-corrected chi connectivity index (χ1v) is 9.29. The van der Waals surface area contributed by atoms with Gasteiger partial charge in [-0.1, -0.05) is 41.6 Å². The van der Waals surface area contributed by atoms with Gasteiger partial charge in [0.05, 0.1) is 11.4 Å². The highest BCUT2D eigenvalue weighted by atomic mass is 35.5. The average Bonchev–Trinajstić information content (AvgIpc) is 2.98. The minimum absolute atomic E-state index is 0. The third-order valence-electron chi connectivity index (χ3n) is 4.49. The number of H-pyrrole nitrogens is 1. The minimum Gasteiger partial charge on any atom is -0.506 e. The van der Waals surface area contributed by atoms with Gasteiger partial charge in [0.25, 0.3) is 0 Å². The molecule has 4 rings (SSSR count). The number of rotatable bonds is 3. The molecular formula is C22H21ClN2OS. The monoisotopic (exact) mass is 396 g/mol. The highest BCUT2D eigenvalue weighted by Crippen LogP contribution is 2.43. The number of hydrogen-bond donors (Lipinski definition) is 3. The molecule has 0 aliphatic rings. The summed E-state index contributed by atoms with van der Waals surface area (Å²) in [6.07, 6.45) is 0. The van der Waals surface area contributed by atoms with Crippen LogP contribution in [0.4, 0.5) is 5.69 Å². The predicted molar refractivity (Wildman–Crippen MR) is 117 cm³/mol. The number of halogens is 1. The molecule has 0 unspecified atom stereocenters. The summed E-state index contributed by atoms with van der Waals surface area (Å²) >= 11 is 1.74. The lowest BCUT2D eigenvalue weighted by Gasteiger charge is -2.09. The van der Waals surface area contributed by atoms with Gasteiger partial charge in [-0.3, -0.25) is 0 Å². The van der Waals surface area contributed by atoms with E-state index in [0.29, 0.717) is 5.69 Å². The van der Waals surface area contributed by atoms with Crippen molar-refractivity contribution in [3.63, 3.8) is 0 Å². The molecule has 1 heterocycles. The lowest BCUT2D eigenvalue weighted by atomic mass is 10.1. The number of phenols is 1. The molecule has 0 bridgehead atoms. The maximum atomic E-state index is 10.0. The summed E-state index contributed by atoms with van der Waals surface area (Å²) in [6.45, 7) is 3.97. The van der Waals surface area contributed by atoms with E-state index in [9.17, 15) is 5.11 Å². The van der Waals surface area contributed by atoms with Crippen molar-refractivity contribution in [1.82, 2.24) is 4.98 Å². The Labute approximate surface area is 169 Å². The molecule has 27 heavy (non-hydrogen) atoms. The fraction of sp³-hybridized carbons (Fsp3) is 0.0909. The predicted octanol–water partition coefficient (Wildman–Crippen LogP) is 6.31. The van der Waals surface area contributed by atoms with Crippen LogP contribution >= 0.6 is 24.2 Å². The molecule has 0 aliphatic heterocycles. The molecule has 0 aliphatic carbocycles. The molecule has 4 aromatic rings. The Bertz CT molecular complexity index is 1080. The zero-order valence-electron chi connectivity index (χ0n) is 15.1. The largest absolute Gasteiger partial charge is 0.506 e. The van der Waals surface area contributed by atoms with Gasteiger partial charge in [-0.2, -0.15) is 0 Å². The molecule has 0 atom stereocenters. The Morgan fingerprint density at radius 2 is 1.70 bits per heavy atom. The number of nitrogens with two attached hydrogens (primary N) is 1. The van der Waals surface area contributed by atoms with E-state index in [2.05, 4.69) is 42.2 Å². The smallest absolute Gasteiger partial charge is 0.141 e. The van der Waals surface area contributed by atoms with Crippen LogP contribution in [0.3, 0.4) is 0 Å². The lowest BCUT2D eigenvalue weighted by molar-refractivity contribution is 0.474. The summed E-state index contributed by atoms with van der Waals surface area (Å²) in [6, 6.07) is 20.6. The van der Waals surface area contributed by atoms with Gasteiger partial charge in [0.2, 0.25) is 0 Å². The van der Waals surface area contributed by atoms with E-state index >= 15 is 0 Å². The quantitative estimate of drug-likeness (QED) is 0.281. The molecule has 0 saturated carbocycles. The number of benzene rings is 3. The molecule has 1 aromatic heterocycles. The van der Waals surface area contributed by atoms with E-state index in [0.717, 1.165) is 22.3 Å². The van der Waals surface area contributed by atoms with Gasteiger partial charge < -0.3 is 15.8 Å². The Morgan fingerprint density at radius 3 is 2.41 bits per heavy atom. The van der Waals surface area contributed by atoms with Gasteiger partial charge in [0.1, 0.15) is 5.75 Å². The maximum absolute atomic E-state index is 10.0. The van der Waals surface area contributed by atoms with Crippen molar-refractivity contribution in [2.75, 3.05) is 5.73 Å². The summed E-state index contributed by atoms with van der Waals surface area (Å²) in [5.74, 6) is 0.151. The summed E-state index contributed by atoms with van der Waals surface area (Å²) < 4.78 is 0. The number of aromatic nitrogens is 1. The number of nitrogens with one attached hydrogen (secondary N) is 1. The summed E-state index contributed by atoms with van der Waals surface area (Å²) in [5, 5.41) is 11.2. The van der Waals surface area contributed by atoms with Gasteiger partial charge in [0, 0.05) is 26.3 Å². The second-order valence-corrected chi connectivity index (χ2v) is 7.61.